The second-order valence-electron chi connectivity index (χ2n) is 6.43. The first-order valence-corrected chi connectivity index (χ1v) is 8.74. The molecule has 3 rings (SSSR count). The van der Waals surface area contributed by atoms with Crippen molar-refractivity contribution in [1.29, 1.82) is 0 Å². The summed E-state index contributed by atoms with van der Waals surface area (Å²) in [6.07, 6.45) is -0.774. The first-order valence-electron chi connectivity index (χ1n) is 8.74. The van der Waals surface area contributed by atoms with E-state index in [0.29, 0.717) is 12.0 Å². The Morgan fingerprint density at radius 1 is 1.37 bits per heavy atom. The molecular formula is C19H22FN3O4. The van der Waals surface area contributed by atoms with Crippen LogP contribution in [0.4, 0.5) is 10.2 Å². The lowest BCUT2D eigenvalue weighted by atomic mass is 9.96. The maximum absolute atomic E-state index is 14.8. The van der Waals surface area contributed by atoms with Gasteiger partial charge in [-0.25, -0.2) is 9.18 Å². The lowest BCUT2D eigenvalue weighted by Gasteiger charge is -2.29. The minimum absolute atomic E-state index is 0.0834. The van der Waals surface area contributed by atoms with Crippen LogP contribution in [0.1, 0.15) is 36.9 Å². The summed E-state index contributed by atoms with van der Waals surface area (Å²) in [6.45, 7) is 3.52. The van der Waals surface area contributed by atoms with Gasteiger partial charge < -0.3 is 14.8 Å². The van der Waals surface area contributed by atoms with Crippen LogP contribution in [0.15, 0.2) is 47.4 Å². The van der Waals surface area contributed by atoms with E-state index in [0.717, 1.165) is 4.57 Å². The molecule has 2 aromatic rings. The third-order valence-electron chi connectivity index (χ3n) is 4.98. The van der Waals surface area contributed by atoms with E-state index in [1.54, 1.807) is 37.3 Å². The Labute approximate surface area is 156 Å². The fourth-order valence-electron chi connectivity index (χ4n) is 3.31. The number of methoxy groups -OCH3 is 1. The van der Waals surface area contributed by atoms with Crippen molar-refractivity contribution >= 4 is 11.7 Å². The first-order chi connectivity index (χ1) is 12.9. The molecule has 0 saturated carbocycles. The van der Waals surface area contributed by atoms with E-state index in [4.69, 9.17) is 9.47 Å². The second-order valence-corrected chi connectivity index (χ2v) is 6.43. The summed E-state index contributed by atoms with van der Waals surface area (Å²) >= 11 is 0. The summed E-state index contributed by atoms with van der Waals surface area (Å²) in [6, 6.07) is 9.98. The summed E-state index contributed by atoms with van der Waals surface area (Å²) in [4.78, 5) is 28.4. The topological polar surface area (TPSA) is 82.4 Å². The van der Waals surface area contributed by atoms with Crippen molar-refractivity contribution < 1.29 is 18.7 Å². The number of hydrogen-bond acceptors (Lipinski definition) is 5. The summed E-state index contributed by atoms with van der Waals surface area (Å²) in [5.41, 5.74) is -0.281. The summed E-state index contributed by atoms with van der Waals surface area (Å²) in [5, 5.41) is 2.55. The quantitative estimate of drug-likeness (QED) is 0.869. The van der Waals surface area contributed by atoms with Gasteiger partial charge in [-0.1, -0.05) is 32.0 Å². The third-order valence-corrected chi connectivity index (χ3v) is 4.98. The van der Waals surface area contributed by atoms with E-state index in [-0.39, 0.29) is 5.82 Å². The number of amides is 1. The first kappa shape index (κ1) is 19.2. The van der Waals surface area contributed by atoms with Gasteiger partial charge in [-0.15, -0.1) is 0 Å². The molecule has 2 heterocycles. The standard InChI is InChI=1S/C19H22FN3O4/c1-4-19(26-3)12(2)15(20)17(27-19)23-11-10-14(22-18(23)25)21-16(24)13-8-6-5-7-9-13/h5-12,15,17H,4H2,1-3H3,(H,21,22,24,25)/t12?,15-,17+,19-/m0/s1. The molecule has 1 aliphatic rings. The number of hydrogen-bond donors (Lipinski definition) is 1. The van der Waals surface area contributed by atoms with Crippen molar-refractivity contribution in [2.45, 2.75) is 38.5 Å². The van der Waals surface area contributed by atoms with E-state index in [2.05, 4.69) is 10.3 Å². The molecule has 1 N–H and O–H groups in total. The van der Waals surface area contributed by atoms with Crippen LogP contribution in [0.2, 0.25) is 0 Å². The largest absolute Gasteiger partial charge is 0.353 e. The molecule has 27 heavy (non-hydrogen) atoms. The van der Waals surface area contributed by atoms with Gasteiger partial charge in [0.05, 0.1) is 0 Å². The van der Waals surface area contributed by atoms with Crippen LogP contribution < -0.4 is 11.0 Å². The maximum atomic E-state index is 14.8. The highest BCUT2D eigenvalue weighted by atomic mass is 19.1. The minimum Gasteiger partial charge on any atom is -0.353 e. The Morgan fingerprint density at radius 3 is 2.63 bits per heavy atom. The van der Waals surface area contributed by atoms with Gasteiger partial charge in [0.15, 0.2) is 18.2 Å². The molecule has 8 heteroatoms. The van der Waals surface area contributed by atoms with Crippen LogP contribution in [0.3, 0.4) is 0 Å². The van der Waals surface area contributed by atoms with Gasteiger partial charge in [-0.05, 0) is 24.6 Å². The van der Waals surface area contributed by atoms with Crippen molar-refractivity contribution in [3.05, 3.63) is 58.6 Å². The molecule has 0 spiro atoms. The number of nitrogens with one attached hydrogen (secondary N) is 1. The van der Waals surface area contributed by atoms with Gasteiger partial charge in [0.2, 0.25) is 0 Å². The van der Waals surface area contributed by atoms with Crippen LogP contribution >= 0.6 is 0 Å². The zero-order valence-electron chi connectivity index (χ0n) is 15.4. The number of carbonyl (C=O) groups is 1. The highest BCUT2D eigenvalue weighted by molar-refractivity contribution is 6.03. The number of nitrogens with zero attached hydrogens (tertiary/aromatic N) is 2. The van der Waals surface area contributed by atoms with E-state index >= 15 is 0 Å². The molecule has 1 amide bonds. The van der Waals surface area contributed by atoms with Crippen molar-refractivity contribution in [2.75, 3.05) is 12.4 Å². The van der Waals surface area contributed by atoms with Crippen molar-refractivity contribution in [3.63, 3.8) is 0 Å². The Morgan fingerprint density at radius 2 is 2.07 bits per heavy atom. The number of alkyl halides is 1. The van der Waals surface area contributed by atoms with Crippen LogP contribution in [-0.2, 0) is 9.47 Å². The Hall–Kier alpha value is -2.58. The molecule has 0 bridgehead atoms. The lowest BCUT2D eigenvalue weighted by Crippen LogP contribution is -2.37. The predicted octanol–water partition coefficient (Wildman–Crippen LogP) is 2.75. The SMILES string of the molecule is CC[C@]1(OC)O[C@@H](n2ccc(NC(=O)c3ccccc3)nc2=O)[C@@H](F)C1C. The highest BCUT2D eigenvalue weighted by Crippen LogP contribution is 2.45. The lowest BCUT2D eigenvalue weighted by molar-refractivity contribution is -0.241. The number of carbonyl (C=O) groups excluding carboxylic acids is 1. The molecule has 1 unspecified atom stereocenters. The molecule has 0 radical (unpaired) electrons. The van der Waals surface area contributed by atoms with Crippen molar-refractivity contribution in [1.82, 2.24) is 9.55 Å². The number of anilines is 1. The fraction of sp³-hybridized carbons (Fsp3) is 0.421. The molecule has 1 fully saturated rings. The van der Waals surface area contributed by atoms with Crippen LogP contribution in [-0.4, -0.2) is 34.5 Å². The van der Waals surface area contributed by atoms with Crippen LogP contribution in [0.25, 0.3) is 0 Å². The summed E-state index contributed by atoms with van der Waals surface area (Å²) in [7, 11) is 1.46. The molecule has 7 nitrogen and oxygen atoms in total. The predicted molar refractivity (Wildman–Crippen MR) is 97.1 cm³/mol. The molecule has 4 atom stereocenters. The van der Waals surface area contributed by atoms with Gasteiger partial charge in [0.1, 0.15) is 5.82 Å². The molecule has 1 aromatic carbocycles. The third kappa shape index (κ3) is 3.50. The number of aromatic nitrogens is 2. The summed E-state index contributed by atoms with van der Waals surface area (Å²) in [5.74, 6) is -1.95. The summed E-state index contributed by atoms with van der Waals surface area (Å²) < 4.78 is 27.0. The van der Waals surface area contributed by atoms with Crippen molar-refractivity contribution in [3.8, 4) is 0 Å². The van der Waals surface area contributed by atoms with Crippen molar-refractivity contribution in [2.24, 2.45) is 5.92 Å². The fourth-order valence-corrected chi connectivity index (χ4v) is 3.31. The highest BCUT2D eigenvalue weighted by Gasteiger charge is 2.53. The van der Waals surface area contributed by atoms with Gasteiger partial charge >= 0.3 is 5.69 Å². The Balaban J connectivity index is 1.81. The molecular weight excluding hydrogens is 353 g/mol. The molecule has 0 aliphatic carbocycles. The second kappa shape index (κ2) is 7.58. The number of rotatable bonds is 5. The Bertz CT molecular complexity index is 867. The van der Waals surface area contributed by atoms with Crippen LogP contribution in [0, 0.1) is 5.92 Å². The molecule has 1 aliphatic heterocycles. The normalized spacial score (nSPS) is 27.5. The number of ether oxygens (including phenoxy) is 2. The van der Waals surface area contributed by atoms with Gasteiger partial charge in [-0.3, -0.25) is 9.36 Å². The average Bonchev–Trinajstić information content (AvgIpc) is 2.94. The van der Waals surface area contributed by atoms with Gasteiger partial charge in [0.25, 0.3) is 5.91 Å². The monoisotopic (exact) mass is 375 g/mol. The van der Waals surface area contributed by atoms with E-state index in [1.807, 2.05) is 6.92 Å². The number of benzene rings is 1. The van der Waals surface area contributed by atoms with Crippen LogP contribution in [0.5, 0.6) is 0 Å². The zero-order valence-corrected chi connectivity index (χ0v) is 15.4. The zero-order chi connectivity index (χ0) is 19.6. The van der Waals surface area contributed by atoms with E-state index < -0.39 is 35.7 Å². The van der Waals surface area contributed by atoms with E-state index in [1.165, 1.54) is 19.4 Å². The average molecular weight is 375 g/mol. The smallest absolute Gasteiger partial charge is 0.351 e. The minimum atomic E-state index is -1.44. The maximum Gasteiger partial charge on any atom is 0.351 e. The van der Waals surface area contributed by atoms with E-state index in [9.17, 15) is 14.0 Å². The number of halogens is 1. The Kier molecular flexibility index (Phi) is 5.38. The molecule has 144 valence electrons. The van der Waals surface area contributed by atoms with Gasteiger partial charge in [0, 0.05) is 24.8 Å². The molecule has 1 saturated heterocycles. The molecule has 1 aromatic heterocycles. The van der Waals surface area contributed by atoms with Gasteiger partial charge in [-0.2, -0.15) is 4.98 Å².